The van der Waals surface area contributed by atoms with Gasteiger partial charge < -0.3 is 11.1 Å². The van der Waals surface area contributed by atoms with E-state index in [1.807, 2.05) is 52.0 Å². The lowest BCUT2D eigenvalue weighted by atomic mass is 9.96. The number of rotatable bonds is 2. The van der Waals surface area contributed by atoms with Gasteiger partial charge in [0.1, 0.15) is 10.7 Å². The number of hydrogen-bond donors (Lipinski definition) is 2. The highest BCUT2D eigenvalue weighted by atomic mass is 32.1. The lowest BCUT2D eigenvalue weighted by molar-refractivity contribution is -0.123. The molecular weight excluding hydrogens is 270 g/mol. The molecule has 106 valence electrons. The summed E-state index contributed by atoms with van der Waals surface area (Å²) < 4.78 is 0. The number of carbonyl (C=O) groups excluding carboxylic acids is 1. The topological polar surface area (TPSA) is 68.0 Å². The summed E-state index contributed by atoms with van der Waals surface area (Å²) in [4.78, 5) is 16.4. The summed E-state index contributed by atoms with van der Waals surface area (Å²) in [6.45, 7) is 7.61. The molecule has 0 unspecified atom stereocenters. The number of aromatic nitrogens is 1. The van der Waals surface area contributed by atoms with E-state index in [-0.39, 0.29) is 5.91 Å². The van der Waals surface area contributed by atoms with Crippen molar-refractivity contribution in [1.82, 2.24) is 4.98 Å². The number of nitrogens with one attached hydrogen (secondary N) is 1. The van der Waals surface area contributed by atoms with Crippen LogP contribution in [0.25, 0.3) is 11.3 Å². The van der Waals surface area contributed by atoms with E-state index in [0.717, 1.165) is 11.3 Å². The molecule has 1 amide bonds. The molecule has 0 saturated carbocycles. The second kappa shape index (κ2) is 5.25. The first kappa shape index (κ1) is 14.5. The molecule has 0 fully saturated rings. The first-order valence-electron chi connectivity index (χ1n) is 6.42. The highest BCUT2D eigenvalue weighted by Crippen LogP contribution is 2.34. The predicted octanol–water partition coefficient (Wildman–Crippen LogP) is 3.69. The second-order valence-electron chi connectivity index (χ2n) is 5.80. The van der Waals surface area contributed by atoms with Gasteiger partial charge in [-0.3, -0.25) is 4.79 Å². The van der Waals surface area contributed by atoms with E-state index in [1.165, 1.54) is 16.9 Å². The monoisotopic (exact) mass is 289 g/mol. The SMILES string of the molecule is Cc1ccc(-c2nc(NC(=O)C(C)(C)C)sc2N)cc1. The zero-order valence-corrected chi connectivity index (χ0v) is 13.0. The largest absolute Gasteiger partial charge is 0.389 e. The molecular formula is C15H19N3OS. The minimum atomic E-state index is -0.454. The van der Waals surface area contributed by atoms with Crippen LogP contribution in [0.2, 0.25) is 0 Å². The quantitative estimate of drug-likeness (QED) is 0.886. The van der Waals surface area contributed by atoms with Crippen LogP contribution in [0, 0.1) is 12.3 Å². The van der Waals surface area contributed by atoms with Gasteiger partial charge in [-0.2, -0.15) is 0 Å². The predicted molar refractivity (Wildman–Crippen MR) is 84.8 cm³/mol. The summed E-state index contributed by atoms with van der Waals surface area (Å²) in [5, 5.41) is 3.96. The highest BCUT2D eigenvalue weighted by Gasteiger charge is 2.23. The summed E-state index contributed by atoms with van der Waals surface area (Å²) in [6.07, 6.45) is 0. The Morgan fingerprint density at radius 2 is 1.85 bits per heavy atom. The fourth-order valence-electron chi connectivity index (χ4n) is 1.59. The van der Waals surface area contributed by atoms with Gasteiger partial charge >= 0.3 is 0 Å². The molecule has 0 aliphatic heterocycles. The van der Waals surface area contributed by atoms with E-state index in [2.05, 4.69) is 10.3 Å². The van der Waals surface area contributed by atoms with Crippen molar-refractivity contribution in [3.63, 3.8) is 0 Å². The van der Waals surface area contributed by atoms with E-state index >= 15 is 0 Å². The van der Waals surface area contributed by atoms with Crippen molar-refractivity contribution in [2.45, 2.75) is 27.7 Å². The Hall–Kier alpha value is -1.88. The van der Waals surface area contributed by atoms with Gasteiger partial charge in [-0.1, -0.05) is 61.9 Å². The fraction of sp³-hybridized carbons (Fsp3) is 0.333. The molecule has 20 heavy (non-hydrogen) atoms. The Kier molecular flexibility index (Phi) is 3.81. The van der Waals surface area contributed by atoms with Crippen LogP contribution in [0.1, 0.15) is 26.3 Å². The van der Waals surface area contributed by atoms with Crippen LogP contribution in [0.15, 0.2) is 24.3 Å². The van der Waals surface area contributed by atoms with Gasteiger partial charge in [-0.25, -0.2) is 4.98 Å². The van der Waals surface area contributed by atoms with E-state index < -0.39 is 5.41 Å². The maximum absolute atomic E-state index is 12.0. The molecule has 0 aliphatic rings. The van der Waals surface area contributed by atoms with Gasteiger partial charge in [0.2, 0.25) is 5.91 Å². The molecule has 2 aromatic rings. The number of carbonyl (C=O) groups is 1. The van der Waals surface area contributed by atoms with Crippen LogP contribution in [0.4, 0.5) is 10.1 Å². The number of aryl methyl sites for hydroxylation is 1. The molecule has 3 N–H and O–H groups in total. The first-order valence-corrected chi connectivity index (χ1v) is 7.24. The Morgan fingerprint density at radius 1 is 1.25 bits per heavy atom. The summed E-state index contributed by atoms with van der Waals surface area (Å²) in [5.41, 5.74) is 8.41. The number of nitrogens with zero attached hydrogens (tertiary/aromatic N) is 1. The van der Waals surface area contributed by atoms with Crippen LogP contribution in [-0.2, 0) is 4.79 Å². The standard InChI is InChI=1S/C15H19N3OS/c1-9-5-7-10(8-6-9)11-12(16)20-14(17-11)18-13(19)15(2,3)4/h5-8H,16H2,1-4H3,(H,17,18,19). The highest BCUT2D eigenvalue weighted by molar-refractivity contribution is 7.20. The summed E-state index contributed by atoms with van der Waals surface area (Å²) in [5.74, 6) is -0.0679. The summed E-state index contributed by atoms with van der Waals surface area (Å²) >= 11 is 1.29. The third kappa shape index (κ3) is 3.17. The normalized spacial score (nSPS) is 11.4. The van der Waals surface area contributed by atoms with Crippen LogP contribution < -0.4 is 11.1 Å². The van der Waals surface area contributed by atoms with Crippen molar-refractivity contribution in [3.8, 4) is 11.3 Å². The molecule has 0 aliphatic carbocycles. The van der Waals surface area contributed by atoms with Gasteiger partial charge in [0, 0.05) is 11.0 Å². The summed E-state index contributed by atoms with van der Waals surface area (Å²) in [7, 11) is 0. The van der Waals surface area contributed by atoms with Gasteiger partial charge in [0.05, 0.1) is 0 Å². The van der Waals surface area contributed by atoms with E-state index in [4.69, 9.17) is 5.73 Å². The Balaban J connectivity index is 2.26. The Labute approximate surface area is 123 Å². The van der Waals surface area contributed by atoms with Gasteiger partial charge in [0.25, 0.3) is 0 Å². The Morgan fingerprint density at radius 3 is 2.40 bits per heavy atom. The van der Waals surface area contributed by atoms with Gasteiger partial charge in [-0.15, -0.1) is 0 Å². The number of hydrogen-bond acceptors (Lipinski definition) is 4. The molecule has 0 radical (unpaired) electrons. The molecule has 5 heteroatoms. The lowest BCUT2D eigenvalue weighted by Gasteiger charge is -2.15. The van der Waals surface area contributed by atoms with Crippen LogP contribution in [0.5, 0.6) is 0 Å². The van der Waals surface area contributed by atoms with E-state index in [0.29, 0.717) is 10.1 Å². The average molecular weight is 289 g/mol. The second-order valence-corrected chi connectivity index (χ2v) is 6.83. The van der Waals surface area contributed by atoms with Crippen LogP contribution >= 0.6 is 11.3 Å². The zero-order valence-electron chi connectivity index (χ0n) is 12.2. The molecule has 1 aromatic heterocycles. The lowest BCUT2D eigenvalue weighted by Crippen LogP contribution is -2.27. The number of anilines is 2. The van der Waals surface area contributed by atoms with Crippen molar-refractivity contribution in [3.05, 3.63) is 29.8 Å². The Bertz CT molecular complexity index is 624. The van der Waals surface area contributed by atoms with Gasteiger partial charge in [-0.05, 0) is 6.92 Å². The smallest absolute Gasteiger partial charge is 0.231 e. The third-order valence-corrected chi connectivity index (χ3v) is 3.68. The summed E-state index contributed by atoms with van der Waals surface area (Å²) in [6, 6.07) is 8.00. The van der Waals surface area contributed by atoms with Crippen LogP contribution in [-0.4, -0.2) is 10.9 Å². The molecule has 0 saturated heterocycles. The van der Waals surface area contributed by atoms with Crippen molar-refractivity contribution < 1.29 is 4.79 Å². The first-order chi connectivity index (χ1) is 9.27. The minimum Gasteiger partial charge on any atom is -0.389 e. The molecule has 2 rings (SSSR count). The third-order valence-electron chi connectivity index (χ3n) is 2.88. The number of nitrogens with two attached hydrogens (primary N) is 1. The van der Waals surface area contributed by atoms with Crippen molar-refractivity contribution >= 4 is 27.4 Å². The van der Waals surface area contributed by atoms with Crippen molar-refractivity contribution in [2.24, 2.45) is 5.41 Å². The number of amides is 1. The minimum absolute atomic E-state index is 0.0679. The molecule has 1 aromatic carbocycles. The molecule has 0 bridgehead atoms. The van der Waals surface area contributed by atoms with E-state index in [1.54, 1.807) is 0 Å². The number of nitrogen functional groups attached to an aromatic ring is 1. The van der Waals surface area contributed by atoms with Crippen molar-refractivity contribution in [1.29, 1.82) is 0 Å². The molecule has 0 spiro atoms. The molecule has 0 atom stereocenters. The van der Waals surface area contributed by atoms with E-state index in [9.17, 15) is 4.79 Å². The average Bonchev–Trinajstić information content (AvgIpc) is 2.70. The van der Waals surface area contributed by atoms with Crippen LogP contribution in [0.3, 0.4) is 0 Å². The zero-order chi connectivity index (χ0) is 14.9. The fourth-order valence-corrected chi connectivity index (χ4v) is 2.34. The number of thiazole rings is 1. The van der Waals surface area contributed by atoms with Gasteiger partial charge in [0.15, 0.2) is 5.13 Å². The maximum Gasteiger partial charge on any atom is 0.231 e. The maximum atomic E-state index is 12.0. The molecule has 4 nitrogen and oxygen atoms in total. The number of benzene rings is 1. The molecule has 1 heterocycles. The van der Waals surface area contributed by atoms with Crippen molar-refractivity contribution in [2.75, 3.05) is 11.1 Å².